The number of nitrogens with two attached hydrogens (primary N) is 1. The van der Waals surface area contributed by atoms with Crippen molar-refractivity contribution >= 4 is 34.0 Å². The van der Waals surface area contributed by atoms with E-state index in [1.54, 1.807) is 20.8 Å². The Labute approximate surface area is 170 Å². The minimum absolute atomic E-state index is 0. The van der Waals surface area contributed by atoms with E-state index in [-0.39, 0.29) is 23.2 Å². The number of nitrogens with zero attached hydrogens (tertiary/aromatic N) is 2. The summed E-state index contributed by atoms with van der Waals surface area (Å²) >= 11 is 6.24. The Bertz CT molecular complexity index is 917. The van der Waals surface area contributed by atoms with Crippen LogP contribution in [0.2, 0.25) is 5.02 Å². The van der Waals surface area contributed by atoms with Crippen LogP contribution in [-0.4, -0.2) is 24.1 Å². The van der Waals surface area contributed by atoms with Crippen LogP contribution in [0.25, 0.3) is 11.5 Å². The van der Waals surface area contributed by atoms with Crippen LogP contribution >= 0.6 is 24.0 Å². The Morgan fingerprint density at radius 1 is 1.26 bits per heavy atom. The van der Waals surface area contributed by atoms with Crippen molar-refractivity contribution in [2.45, 2.75) is 62.4 Å². The molecule has 0 bridgehead atoms. The maximum Gasteiger partial charge on any atom is 0.259 e. The standard InChI is InChI=1S/C17H23ClN4O3S.ClH/c1-16(2,3)22-26(23,24)11-6-7-13(18)12(10-11)14-20-15(21-25-14)17(19)8-4-5-9-17;/h6-7,10,22H,4-5,8-9,19H2,1-3H3;1H. The molecular formula is C17H24Cl2N4O3S. The quantitative estimate of drug-likeness (QED) is 0.759. The second-order valence-electron chi connectivity index (χ2n) is 7.78. The van der Waals surface area contributed by atoms with Gasteiger partial charge in [0.15, 0.2) is 5.82 Å². The van der Waals surface area contributed by atoms with Crippen molar-refractivity contribution < 1.29 is 12.9 Å². The zero-order valence-corrected chi connectivity index (χ0v) is 17.8. The molecule has 1 aromatic heterocycles. The van der Waals surface area contributed by atoms with Crippen molar-refractivity contribution in [3.8, 4) is 11.5 Å². The fourth-order valence-electron chi connectivity index (χ4n) is 3.06. The van der Waals surface area contributed by atoms with Crippen LogP contribution < -0.4 is 10.5 Å². The molecule has 150 valence electrons. The summed E-state index contributed by atoms with van der Waals surface area (Å²) in [6.07, 6.45) is 3.63. The van der Waals surface area contributed by atoms with Gasteiger partial charge in [0, 0.05) is 5.54 Å². The normalized spacial score (nSPS) is 16.9. The maximum atomic E-state index is 12.6. The van der Waals surface area contributed by atoms with E-state index >= 15 is 0 Å². The number of halogens is 2. The summed E-state index contributed by atoms with van der Waals surface area (Å²) in [6, 6.07) is 4.38. The lowest BCUT2D eigenvalue weighted by molar-refractivity contribution is 0.372. The molecule has 0 radical (unpaired) electrons. The van der Waals surface area contributed by atoms with Crippen LogP contribution in [0.15, 0.2) is 27.6 Å². The summed E-state index contributed by atoms with van der Waals surface area (Å²) in [5.41, 5.74) is 5.52. The highest BCUT2D eigenvalue weighted by Gasteiger charge is 2.36. The monoisotopic (exact) mass is 434 g/mol. The topological polar surface area (TPSA) is 111 Å². The molecule has 0 saturated heterocycles. The van der Waals surface area contributed by atoms with E-state index in [2.05, 4.69) is 14.9 Å². The number of sulfonamides is 1. The van der Waals surface area contributed by atoms with Gasteiger partial charge in [0.05, 0.1) is 21.0 Å². The van der Waals surface area contributed by atoms with E-state index in [1.165, 1.54) is 18.2 Å². The Kier molecular flexibility index (Phi) is 6.28. The molecule has 1 fully saturated rings. The fraction of sp³-hybridized carbons (Fsp3) is 0.529. The van der Waals surface area contributed by atoms with Gasteiger partial charge in [-0.1, -0.05) is 29.6 Å². The number of benzene rings is 1. The second kappa shape index (κ2) is 7.67. The summed E-state index contributed by atoms with van der Waals surface area (Å²) in [7, 11) is -3.71. The summed E-state index contributed by atoms with van der Waals surface area (Å²) in [4.78, 5) is 4.47. The predicted molar refractivity (Wildman–Crippen MR) is 106 cm³/mol. The van der Waals surface area contributed by atoms with Gasteiger partial charge in [0.2, 0.25) is 10.0 Å². The zero-order valence-electron chi connectivity index (χ0n) is 15.5. The molecule has 0 amide bonds. The van der Waals surface area contributed by atoms with Crippen molar-refractivity contribution in [2.24, 2.45) is 5.73 Å². The van der Waals surface area contributed by atoms with E-state index in [1.807, 2.05) is 0 Å². The van der Waals surface area contributed by atoms with Crippen molar-refractivity contribution in [1.82, 2.24) is 14.9 Å². The average Bonchev–Trinajstić information content (AvgIpc) is 3.15. The zero-order chi connectivity index (χ0) is 19.2. The molecule has 10 heteroatoms. The second-order valence-corrected chi connectivity index (χ2v) is 9.87. The molecule has 7 nitrogen and oxygen atoms in total. The van der Waals surface area contributed by atoms with Crippen LogP contribution in [-0.2, 0) is 15.6 Å². The molecule has 1 saturated carbocycles. The average molecular weight is 435 g/mol. The highest BCUT2D eigenvalue weighted by Crippen LogP contribution is 2.36. The van der Waals surface area contributed by atoms with Crippen molar-refractivity contribution in [1.29, 1.82) is 0 Å². The molecule has 3 rings (SSSR count). The van der Waals surface area contributed by atoms with Gasteiger partial charge >= 0.3 is 0 Å². The summed E-state index contributed by atoms with van der Waals surface area (Å²) in [5, 5.41) is 4.33. The molecular weight excluding hydrogens is 411 g/mol. The molecule has 1 aliphatic rings. The Morgan fingerprint density at radius 2 is 1.89 bits per heavy atom. The molecule has 1 heterocycles. The lowest BCUT2D eigenvalue weighted by Gasteiger charge is -2.20. The molecule has 3 N–H and O–H groups in total. The number of rotatable bonds is 4. The van der Waals surface area contributed by atoms with Crippen molar-refractivity contribution in [2.75, 3.05) is 0 Å². The third kappa shape index (κ3) is 4.81. The molecule has 0 spiro atoms. The van der Waals surface area contributed by atoms with Crippen LogP contribution in [0.3, 0.4) is 0 Å². The first-order valence-corrected chi connectivity index (χ1v) is 10.3. The number of nitrogens with one attached hydrogen (secondary N) is 1. The van der Waals surface area contributed by atoms with Crippen LogP contribution in [0.1, 0.15) is 52.3 Å². The summed E-state index contributed by atoms with van der Waals surface area (Å²) in [5.74, 6) is 0.594. The van der Waals surface area contributed by atoms with Gasteiger partial charge < -0.3 is 10.3 Å². The van der Waals surface area contributed by atoms with E-state index in [0.29, 0.717) is 16.4 Å². The van der Waals surface area contributed by atoms with Crippen LogP contribution in [0, 0.1) is 0 Å². The number of hydrogen-bond donors (Lipinski definition) is 2. The van der Waals surface area contributed by atoms with Gasteiger partial charge in [0.1, 0.15) is 0 Å². The van der Waals surface area contributed by atoms with Gasteiger partial charge in [-0.3, -0.25) is 0 Å². The Balaban J connectivity index is 0.00000261. The first kappa shape index (κ1) is 22.1. The predicted octanol–water partition coefficient (Wildman–Crippen LogP) is 3.62. The van der Waals surface area contributed by atoms with Gasteiger partial charge in [-0.25, -0.2) is 13.1 Å². The largest absolute Gasteiger partial charge is 0.334 e. The molecule has 1 aliphatic carbocycles. The minimum atomic E-state index is -3.71. The number of aromatic nitrogens is 2. The Morgan fingerprint density at radius 3 is 2.48 bits per heavy atom. The van der Waals surface area contributed by atoms with Crippen molar-refractivity contribution in [3.63, 3.8) is 0 Å². The first-order chi connectivity index (χ1) is 12.0. The highest BCUT2D eigenvalue weighted by atomic mass is 35.5. The van der Waals surface area contributed by atoms with E-state index < -0.39 is 21.1 Å². The first-order valence-electron chi connectivity index (χ1n) is 8.47. The van der Waals surface area contributed by atoms with Gasteiger partial charge in [-0.05, 0) is 51.8 Å². The summed E-state index contributed by atoms with van der Waals surface area (Å²) < 4.78 is 33.1. The minimum Gasteiger partial charge on any atom is -0.334 e. The molecule has 0 atom stereocenters. The van der Waals surface area contributed by atoms with E-state index in [9.17, 15) is 8.42 Å². The van der Waals surface area contributed by atoms with Gasteiger partial charge in [0.25, 0.3) is 5.89 Å². The maximum absolute atomic E-state index is 12.6. The van der Waals surface area contributed by atoms with E-state index in [4.69, 9.17) is 21.9 Å². The smallest absolute Gasteiger partial charge is 0.259 e. The Hall–Kier alpha value is -1.19. The third-order valence-corrected chi connectivity index (χ3v) is 6.37. The SMILES string of the molecule is CC(C)(C)NS(=O)(=O)c1ccc(Cl)c(-c2nc(C3(N)CCCC3)no2)c1.Cl. The lowest BCUT2D eigenvalue weighted by Crippen LogP contribution is -2.40. The molecule has 0 unspecified atom stereocenters. The molecule has 0 aliphatic heterocycles. The van der Waals surface area contributed by atoms with E-state index in [0.717, 1.165) is 25.7 Å². The summed E-state index contributed by atoms with van der Waals surface area (Å²) in [6.45, 7) is 5.32. The molecule has 1 aromatic carbocycles. The van der Waals surface area contributed by atoms with Gasteiger partial charge in [-0.15, -0.1) is 12.4 Å². The highest BCUT2D eigenvalue weighted by molar-refractivity contribution is 7.89. The van der Waals surface area contributed by atoms with Crippen LogP contribution in [0.5, 0.6) is 0 Å². The molecule has 2 aromatic rings. The van der Waals surface area contributed by atoms with Gasteiger partial charge in [-0.2, -0.15) is 4.98 Å². The fourth-order valence-corrected chi connectivity index (χ4v) is 4.70. The number of hydrogen-bond acceptors (Lipinski definition) is 6. The van der Waals surface area contributed by atoms with Crippen molar-refractivity contribution in [3.05, 3.63) is 29.0 Å². The lowest BCUT2D eigenvalue weighted by atomic mass is 9.99. The van der Waals surface area contributed by atoms with Crippen LogP contribution in [0.4, 0.5) is 0 Å². The third-order valence-electron chi connectivity index (χ3n) is 4.29. The molecule has 27 heavy (non-hydrogen) atoms.